The maximum Gasteiger partial charge on any atom is 0.123 e. The van der Waals surface area contributed by atoms with E-state index in [0.717, 1.165) is 6.42 Å². The minimum absolute atomic E-state index is 0.160. The molecule has 0 aliphatic rings. The highest BCUT2D eigenvalue weighted by Crippen LogP contribution is 2.01. The highest BCUT2D eigenvalue weighted by atomic mass is 19.1. The van der Waals surface area contributed by atoms with Crippen molar-refractivity contribution < 1.29 is 4.39 Å². The Labute approximate surface area is 54.3 Å². The second-order valence-electron chi connectivity index (χ2n) is 1.98. The number of aryl methyl sites for hydroxylation is 1. The molecule has 0 aliphatic heterocycles. The van der Waals surface area contributed by atoms with Crippen molar-refractivity contribution in [1.29, 1.82) is 0 Å². The lowest BCUT2D eigenvalue weighted by atomic mass is 10.2. The van der Waals surface area contributed by atoms with Crippen molar-refractivity contribution in [1.82, 2.24) is 0 Å². The molecular weight excluding hydrogens is 115 g/mol. The van der Waals surface area contributed by atoms with E-state index >= 15 is 0 Å². The largest absolute Gasteiger partial charge is 0.207 e. The van der Waals surface area contributed by atoms with Gasteiger partial charge in [0.15, 0.2) is 0 Å². The smallest absolute Gasteiger partial charge is 0.123 e. The highest BCUT2D eigenvalue weighted by Gasteiger charge is 1.87. The van der Waals surface area contributed by atoms with Gasteiger partial charge in [-0.3, -0.25) is 0 Å². The van der Waals surface area contributed by atoms with Crippen LogP contribution in [0.1, 0.15) is 12.5 Å². The standard InChI is InChI=1S/C8H9F/c1-2-7-3-5-8(9)6-4-7/h3-6H,2H2,1H3. The van der Waals surface area contributed by atoms with Gasteiger partial charge in [-0.15, -0.1) is 0 Å². The van der Waals surface area contributed by atoms with E-state index in [2.05, 4.69) is 0 Å². The van der Waals surface area contributed by atoms with Crippen LogP contribution in [0, 0.1) is 5.82 Å². The first-order valence-electron chi connectivity index (χ1n) is 3.07. The van der Waals surface area contributed by atoms with Crippen molar-refractivity contribution in [3.63, 3.8) is 0 Å². The van der Waals surface area contributed by atoms with Crippen LogP contribution in [0.5, 0.6) is 0 Å². The van der Waals surface area contributed by atoms with Crippen LogP contribution in [0.25, 0.3) is 0 Å². The van der Waals surface area contributed by atoms with Crippen LogP contribution < -0.4 is 0 Å². The topological polar surface area (TPSA) is 0 Å². The van der Waals surface area contributed by atoms with Crippen molar-refractivity contribution in [3.05, 3.63) is 35.6 Å². The van der Waals surface area contributed by atoms with Crippen molar-refractivity contribution in [2.45, 2.75) is 13.3 Å². The van der Waals surface area contributed by atoms with Gasteiger partial charge in [0, 0.05) is 0 Å². The van der Waals surface area contributed by atoms with E-state index in [4.69, 9.17) is 0 Å². The van der Waals surface area contributed by atoms with Crippen molar-refractivity contribution in [2.24, 2.45) is 0 Å². The molecule has 0 amide bonds. The van der Waals surface area contributed by atoms with Gasteiger partial charge in [-0.1, -0.05) is 19.1 Å². The summed E-state index contributed by atoms with van der Waals surface area (Å²) in [6, 6.07) is 6.57. The van der Waals surface area contributed by atoms with Crippen LogP contribution in [-0.2, 0) is 6.42 Å². The zero-order valence-electron chi connectivity index (χ0n) is 5.39. The molecule has 0 atom stereocenters. The first kappa shape index (κ1) is 6.27. The Bertz CT molecular complexity index is 176. The van der Waals surface area contributed by atoms with Crippen molar-refractivity contribution in [3.8, 4) is 0 Å². The van der Waals surface area contributed by atoms with E-state index in [1.807, 2.05) is 6.92 Å². The average Bonchev–Trinajstić information content (AvgIpc) is 1.90. The maximum absolute atomic E-state index is 12.2. The molecule has 0 spiro atoms. The third kappa shape index (κ3) is 1.53. The first-order valence-corrected chi connectivity index (χ1v) is 3.07. The summed E-state index contributed by atoms with van der Waals surface area (Å²) in [6.45, 7) is 2.05. The quantitative estimate of drug-likeness (QED) is 0.539. The Hall–Kier alpha value is -0.850. The average molecular weight is 124 g/mol. The molecule has 0 heterocycles. The minimum Gasteiger partial charge on any atom is -0.207 e. The lowest BCUT2D eigenvalue weighted by Crippen LogP contribution is -1.78. The van der Waals surface area contributed by atoms with E-state index in [-0.39, 0.29) is 5.82 Å². The van der Waals surface area contributed by atoms with Crippen molar-refractivity contribution in [2.75, 3.05) is 0 Å². The fourth-order valence-electron chi connectivity index (χ4n) is 0.720. The third-order valence-electron chi connectivity index (χ3n) is 1.32. The van der Waals surface area contributed by atoms with Crippen LogP contribution in [0.2, 0.25) is 0 Å². The van der Waals surface area contributed by atoms with Crippen LogP contribution in [0.15, 0.2) is 24.3 Å². The molecule has 0 saturated carbocycles. The van der Waals surface area contributed by atoms with E-state index < -0.39 is 0 Å². The Kier molecular flexibility index (Phi) is 1.83. The van der Waals surface area contributed by atoms with E-state index in [1.165, 1.54) is 17.7 Å². The summed E-state index contributed by atoms with van der Waals surface area (Å²) in [5.74, 6) is -0.160. The number of halogens is 1. The van der Waals surface area contributed by atoms with E-state index in [0.29, 0.717) is 0 Å². The molecule has 0 bridgehead atoms. The van der Waals surface area contributed by atoms with Gasteiger partial charge in [-0.2, -0.15) is 0 Å². The molecule has 0 radical (unpaired) electrons. The molecule has 0 saturated heterocycles. The first-order chi connectivity index (χ1) is 4.33. The Balaban J connectivity index is 2.88. The second kappa shape index (κ2) is 2.62. The zero-order chi connectivity index (χ0) is 6.69. The number of hydrogen-bond donors (Lipinski definition) is 0. The third-order valence-corrected chi connectivity index (χ3v) is 1.32. The molecule has 1 aromatic carbocycles. The molecule has 1 aromatic rings. The fraction of sp³-hybridized carbons (Fsp3) is 0.250. The molecule has 0 aliphatic carbocycles. The van der Waals surface area contributed by atoms with Gasteiger partial charge >= 0.3 is 0 Å². The molecule has 9 heavy (non-hydrogen) atoms. The Morgan fingerprint density at radius 3 is 2.22 bits per heavy atom. The SMILES string of the molecule is CCc1ccc(F)cc1. The monoisotopic (exact) mass is 124 g/mol. The van der Waals surface area contributed by atoms with Gasteiger partial charge in [0.05, 0.1) is 0 Å². The molecule has 1 rings (SSSR count). The lowest BCUT2D eigenvalue weighted by Gasteiger charge is -1.92. The van der Waals surface area contributed by atoms with Crippen LogP contribution in [0.3, 0.4) is 0 Å². The zero-order valence-corrected chi connectivity index (χ0v) is 5.39. The van der Waals surface area contributed by atoms with Crippen LogP contribution in [-0.4, -0.2) is 0 Å². The fourth-order valence-corrected chi connectivity index (χ4v) is 0.720. The summed E-state index contributed by atoms with van der Waals surface area (Å²) in [5, 5.41) is 0. The van der Waals surface area contributed by atoms with E-state index in [9.17, 15) is 4.39 Å². The van der Waals surface area contributed by atoms with Gasteiger partial charge in [0.1, 0.15) is 5.82 Å². The molecule has 0 N–H and O–H groups in total. The molecule has 0 unspecified atom stereocenters. The summed E-state index contributed by atoms with van der Waals surface area (Å²) in [7, 11) is 0. The maximum atomic E-state index is 12.2. The number of benzene rings is 1. The normalized spacial score (nSPS) is 9.56. The van der Waals surface area contributed by atoms with Crippen LogP contribution >= 0.6 is 0 Å². The van der Waals surface area contributed by atoms with Gasteiger partial charge in [0.2, 0.25) is 0 Å². The predicted octanol–water partition coefficient (Wildman–Crippen LogP) is 2.39. The summed E-state index contributed by atoms with van der Waals surface area (Å²) < 4.78 is 12.2. The number of hydrogen-bond acceptors (Lipinski definition) is 0. The molecule has 1 heteroatoms. The lowest BCUT2D eigenvalue weighted by molar-refractivity contribution is 0.627. The minimum atomic E-state index is -0.160. The second-order valence-corrected chi connectivity index (χ2v) is 1.98. The van der Waals surface area contributed by atoms with Gasteiger partial charge < -0.3 is 0 Å². The Morgan fingerprint density at radius 1 is 1.22 bits per heavy atom. The van der Waals surface area contributed by atoms with Crippen molar-refractivity contribution >= 4 is 0 Å². The Morgan fingerprint density at radius 2 is 1.78 bits per heavy atom. The van der Waals surface area contributed by atoms with Crippen LogP contribution in [0.4, 0.5) is 4.39 Å². The number of rotatable bonds is 1. The van der Waals surface area contributed by atoms with Gasteiger partial charge in [-0.05, 0) is 24.1 Å². The van der Waals surface area contributed by atoms with E-state index in [1.54, 1.807) is 12.1 Å². The molecule has 48 valence electrons. The molecule has 0 nitrogen and oxygen atoms in total. The predicted molar refractivity (Wildman–Crippen MR) is 35.8 cm³/mol. The molecular formula is C8H9F. The summed E-state index contributed by atoms with van der Waals surface area (Å²) in [4.78, 5) is 0. The molecule has 0 aromatic heterocycles. The summed E-state index contributed by atoms with van der Waals surface area (Å²) in [5.41, 5.74) is 1.18. The molecule has 0 fully saturated rings. The van der Waals surface area contributed by atoms with Gasteiger partial charge in [0.25, 0.3) is 0 Å². The summed E-state index contributed by atoms with van der Waals surface area (Å²) >= 11 is 0. The highest BCUT2D eigenvalue weighted by molar-refractivity contribution is 5.15. The summed E-state index contributed by atoms with van der Waals surface area (Å²) in [6.07, 6.45) is 0.972. The van der Waals surface area contributed by atoms with Gasteiger partial charge in [-0.25, -0.2) is 4.39 Å².